The fraction of sp³-hybridized carbons (Fsp3) is 0.0833. The van der Waals surface area contributed by atoms with Crippen LogP contribution in [0.5, 0.6) is 11.5 Å². The highest BCUT2D eigenvalue weighted by Gasteiger charge is 2.13. The second-order valence-electron chi connectivity index (χ2n) is 6.69. The predicted molar refractivity (Wildman–Crippen MR) is 132 cm³/mol. The van der Waals surface area contributed by atoms with E-state index in [0.29, 0.717) is 37.8 Å². The van der Waals surface area contributed by atoms with Crippen LogP contribution in [0.25, 0.3) is 6.08 Å². The molecule has 0 heterocycles. The van der Waals surface area contributed by atoms with Crippen molar-refractivity contribution in [1.82, 2.24) is 0 Å². The fourth-order valence-corrected chi connectivity index (χ4v) is 3.54. The van der Waals surface area contributed by atoms with Crippen LogP contribution in [0.2, 0.25) is 20.1 Å². The molecule has 0 atom stereocenters. The Balaban J connectivity index is 1.81. The third kappa shape index (κ3) is 6.56. The van der Waals surface area contributed by atoms with E-state index in [1.165, 1.54) is 19.3 Å². The topological polar surface area (TPSA) is 71.3 Å². The summed E-state index contributed by atoms with van der Waals surface area (Å²) in [5, 5.41) is 13.8. The van der Waals surface area contributed by atoms with Gasteiger partial charge in [0.05, 0.1) is 17.2 Å². The van der Waals surface area contributed by atoms with E-state index in [4.69, 9.17) is 55.9 Å². The van der Waals surface area contributed by atoms with Crippen LogP contribution < -0.4 is 14.8 Å². The molecule has 0 aliphatic carbocycles. The third-order valence-electron chi connectivity index (χ3n) is 4.44. The van der Waals surface area contributed by atoms with Gasteiger partial charge in [-0.05, 0) is 54.1 Å². The van der Waals surface area contributed by atoms with Gasteiger partial charge in [-0.15, -0.1) is 0 Å². The van der Waals surface area contributed by atoms with Gasteiger partial charge in [0, 0.05) is 21.3 Å². The van der Waals surface area contributed by atoms with Crippen molar-refractivity contribution in [2.45, 2.75) is 6.61 Å². The Kier molecular flexibility index (Phi) is 8.49. The van der Waals surface area contributed by atoms with Crippen molar-refractivity contribution in [1.29, 1.82) is 5.26 Å². The maximum absolute atomic E-state index is 12.6. The fourth-order valence-electron chi connectivity index (χ4n) is 2.78. The van der Waals surface area contributed by atoms with Gasteiger partial charge >= 0.3 is 0 Å². The summed E-state index contributed by atoms with van der Waals surface area (Å²) in [5.74, 6) is 0.303. The minimum absolute atomic E-state index is 0.113. The molecule has 0 saturated carbocycles. The number of anilines is 1. The molecule has 0 bridgehead atoms. The Hall–Kier alpha value is -2.88. The highest BCUT2D eigenvalue weighted by Crippen LogP contribution is 2.31. The van der Waals surface area contributed by atoms with Crippen molar-refractivity contribution < 1.29 is 14.3 Å². The van der Waals surface area contributed by atoms with Crippen LogP contribution in [0.3, 0.4) is 0 Å². The van der Waals surface area contributed by atoms with Gasteiger partial charge in [-0.3, -0.25) is 4.79 Å². The Morgan fingerprint density at radius 3 is 2.42 bits per heavy atom. The second kappa shape index (κ2) is 11.3. The largest absolute Gasteiger partial charge is 0.493 e. The van der Waals surface area contributed by atoms with Crippen LogP contribution in [0.4, 0.5) is 5.69 Å². The van der Waals surface area contributed by atoms with Gasteiger partial charge < -0.3 is 14.8 Å². The van der Waals surface area contributed by atoms with E-state index in [2.05, 4.69) is 5.32 Å². The molecule has 3 aromatic carbocycles. The first kappa shape index (κ1) is 24.8. The zero-order valence-corrected chi connectivity index (χ0v) is 20.2. The lowest BCUT2D eigenvalue weighted by Gasteiger charge is -2.12. The summed E-state index contributed by atoms with van der Waals surface area (Å²) < 4.78 is 11.2. The van der Waals surface area contributed by atoms with Gasteiger partial charge in [-0.25, -0.2) is 0 Å². The Labute approximate surface area is 211 Å². The molecule has 3 aromatic rings. The number of hydrogen-bond acceptors (Lipinski definition) is 4. The SMILES string of the molecule is COc1ccc(/C=C(\C#N)C(=O)Nc2ccc(Cl)c(Cl)c2)cc1OCc1ccc(Cl)cc1Cl. The summed E-state index contributed by atoms with van der Waals surface area (Å²) in [4.78, 5) is 12.6. The molecule has 0 saturated heterocycles. The molecule has 9 heteroatoms. The number of ether oxygens (including phenoxy) is 2. The number of halogens is 4. The molecule has 0 aromatic heterocycles. The maximum Gasteiger partial charge on any atom is 0.266 e. The van der Waals surface area contributed by atoms with Crippen molar-refractivity contribution in [2.75, 3.05) is 12.4 Å². The summed E-state index contributed by atoms with van der Waals surface area (Å²) in [6.07, 6.45) is 1.44. The number of carbonyl (C=O) groups is 1. The highest BCUT2D eigenvalue weighted by molar-refractivity contribution is 6.42. The van der Waals surface area contributed by atoms with Gasteiger partial charge in [0.15, 0.2) is 11.5 Å². The summed E-state index contributed by atoms with van der Waals surface area (Å²) in [5.41, 5.74) is 1.60. The lowest BCUT2D eigenvalue weighted by atomic mass is 10.1. The van der Waals surface area contributed by atoms with Crippen molar-refractivity contribution in [3.05, 3.63) is 91.4 Å². The molecule has 1 amide bonds. The van der Waals surface area contributed by atoms with Crippen LogP contribution >= 0.6 is 46.4 Å². The molecule has 3 rings (SSSR count). The zero-order chi connectivity index (χ0) is 24.0. The second-order valence-corrected chi connectivity index (χ2v) is 8.35. The first-order valence-corrected chi connectivity index (χ1v) is 10.9. The summed E-state index contributed by atoms with van der Waals surface area (Å²) >= 11 is 24.0. The first-order chi connectivity index (χ1) is 15.8. The van der Waals surface area contributed by atoms with E-state index in [1.807, 2.05) is 6.07 Å². The van der Waals surface area contributed by atoms with E-state index >= 15 is 0 Å². The van der Waals surface area contributed by atoms with Crippen LogP contribution in [-0.4, -0.2) is 13.0 Å². The molecule has 0 spiro atoms. The molecule has 0 aliphatic rings. The number of nitrogens with one attached hydrogen (secondary N) is 1. The van der Waals surface area contributed by atoms with Gasteiger partial charge in [-0.2, -0.15) is 5.26 Å². The number of nitriles is 1. The smallest absolute Gasteiger partial charge is 0.266 e. The number of amides is 1. The average Bonchev–Trinajstić information content (AvgIpc) is 2.79. The van der Waals surface area contributed by atoms with Gasteiger partial charge in [0.25, 0.3) is 5.91 Å². The van der Waals surface area contributed by atoms with Gasteiger partial charge in [0.2, 0.25) is 0 Å². The monoisotopic (exact) mass is 520 g/mol. The number of benzene rings is 3. The standard InChI is InChI=1S/C24H16Cl4N2O3/c1-32-22-7-2-14(9-23(22)33-13-15-3-4-17(25)10-20(15)27)8-16(12-29)24(31)30-18-5-6-19(26)21(28)11-18/h2-11H,13H2,1H3,(H,30,31)/b16-8+. The van der Waals surface area contributed by atoms with Crippen molar-refractivity contribution in [3.63, 3.8) is 0 Å². The molecule has 0 fully saturated rings. The lowest BCUT2D eigenvalue weighted by molar-refractivity contribution is -0.112. The minimum Gasteiger partial charge on any atom is -0.493 e. The Morgan fingerprint density at radius 1 is 0.970 bits per heavy atom. The van der Waals surface area contributed by atoms with E-state index in [1.54, 1.807) is 48.5 Å². The van der Waals surface area contributed by atoms with Crippen molar-refractivity contribution in [2.24, 2.45) is 0 Å². The van der Waals surface area contributed by atoms with Gasteiger partial charge in [-0.1, -0.05) is 58.5 Å². The molecule has 0 aliphatic heterocycles. The van der Waals surface area contributed by atoms with Crippen LogP contribution in [-0.2, 0) is 11.4 Å². The average molecular weight is 522 g/mol. The Morgan fingerprint density at radius 2 is 1.76 bits per heavy atom. The third-order valence-corrected chi connectivity index (χ3v) is 5.77. The minimum atomic E-state index is -0.595. The van der Waals surface area contributed by atoms with E-state index in [9.17, 15) is 10.1 Å². The Bertz CT molecular complexity index is 1270. The number of methoxy groups -OCH3 is 1. The molecule has 5 nitrogen and oxygen atoms in total. The summed E-state index contributed by atoms with van der Waals surface area (Å²) in [6, 6.07) is 16.7. The van der Waals surface area contributed by atoms with Crippen molar-refractivity contribution in [3.8, 4) is 17.6 Å². The molecule has 33 heavy (non-hydrogen) atoms. The molecular weight excluding hydrogens is 506 g/mol. The molecule has 168 valence electrons. The summed E-state index contributed by atoms with van der Waals surface area (Å²) in [6.45, 7) is 0.169. The number of hydrogen-bond donors (Lipinski definition) is 1. The maximum atomic E-state index is 12.6. The van der Waals surface area contributed by atoms with E-state index < -0.39 is 5.91 Å². The first-order valence-electron chi connectivity index (χ1n) is 9.43. The number of carbonyl (C=O) groups excluding carboxylic acids is 1. The lowest BCUT2D eigenvalue weighted by Crippen LogP contribution is -2.13. The van der Waals surface area contributed by atoms with E-state index in [-0.39, 0.29) is 17.2 Å². The van der Waals surface area contributed by atoms with Crippen LogP contribution in [0, 0.1) is 11.3 Å². The number of nitrogens with zero attached hydrogens (tertiary/aromatic N) is 1. The summed E-state index contributed by atoms with van der Waals surface area (Å²) in [7, 11) is 1.51. The van der Waals surface area contributed by atoms with Crippen LogP contribution in [0.1, 0.15) is 11.1 Å². The molecular formula is C24H16Cl4N2O3. The van der Waals surface area contributed by atoms with Gasteiger partial charge in [0.1, 0.15) is 18.2 Å². The quantitative estimate of drug-likeness (QED) is 0.259. The molecule has 1 N–H and O–H groups in total. The normalized spacial score (nSPS) is 11.0. The zero-order valence-electron chi connectivity index (χ0n) is 17.2. The predicted octanol–water partition coefficient (Wildman–Crippen LogP) is 7.43. The molecule has 0 radical (unpaired) electrons. The number of rotatable bonds is 7. The highest BCUT2D eigenvalue weighted by atomic mass is 35.5. The van der Waals surface area contributed by atoms with E-state index in [0.717, 1.165) is 5.56 Å². The van der Waals surface area contributed by atoms with Crippen LogP contribution in [0.15, 0.2) is 60.2 Å². The van der Waals surface area contributed by atoms with Crippen molar-refractivity contribution >= 4 is 64.1 Å². The molecule has 0 unspecified atom stereocenters.